The summed E-state index contributed by atoms with van der Waals surface area (Å²) in [5, 5.41) is 3.85. The first kappa shape index (κ1) is 13.1. The molecule has 14 heavy (non-hydrogen) atoms. The normalized spacial score (nSPS) is 11.1. The van der Waals surface area contributed by atoms with Crippen molar-refractivity contribution in [3.05, 3.63) is 0 Å². The molecule has 0 saturated carbocycles. The SMILES string of the molecule is CCCCCCC(=O)N/N=C/C(C)C. The molecule has 0 bridgehead atoms. The van der Waals surface area contributed by atoms with E-state index in [1.165, 1.54) is 12.8 Å². The van der Waals surface area contributed by atoms with Crippen LogP contribution < -0.4 is 5.43 Å². The minimum absolute atomic E-state index is 0.0259. The highest BCUT2D eigenvalue weighted by atomic mass is 16.2. The molecular formula is C11H22N2O. The summed E-state index contributed by atoms with van der Waals surface area (Å²) in [6.45, 7) is 6.21. The van der Waals surface area contributed by atoms with Gasteiger partial charge in [-0.3, -0.25) is 4.79 Å². The van der Waals surface area contributed by atoms with Crippen molar-refractivity contribution in [2.24, 2.45) is 11.0 Å². The molecule has 3 nitrogen and oxygen atoms in total. The van der Waals surface area contributed by atoms with Crippen LogP contribution in [0.3, 0.4) is 0 Å². The Morgan fingerprint density at radius 2 is 2.07 bits per heavy atom. The number of nitrogens with one attached hydrogen (secondary N) is 1. The maximum absolute atomic E-state index is 11.2. The zero-order chi connectivity index (χ0) is 10.8. The monoisotopic (exact) mass is 198 g/mol. The Labute approximate surface area is 87.0 Å². The summed E-state index contributed by atoms with van der Waals surface area (Å²) < 4.78 is 0. The lowest BCUT2D eigenvalue weighted by Gasteiger charge is -1.99. The number of amides is 1. The summed E-state index contributed by atoms with van der Waals surface area (Å²) >= 11 is 0. The van der Waals surface area contributed by atoms with Crippen molar-refractivity contribution in [1.82, 2.24) is 5.43 Å². The molecular weight excluding hydrogens is 176 g/mol. The predicted octanol–water partition coefficient (Wildman–Crippen LogP) is 2.71. The third-order valence-corrected chi connectivity index (χ3v) is 1.82. The van der Waals surface area contributed by atoms with Crippen molar-refractivity contribution in [2.75, 3.05) is 0 Å². The van der Waals surface area contributed by atoms with Gasteiger partial charge in [-0.05, 0) is 12.3 Å². The van der Waals surface area contributed by atoms with Crippen molar-refractivity contribution in [1.29, 1.82) is 0 Å². The number of nitrogens with zero attached hydrogens (tertiary/aromatic N) is 1. The van der Waals surface area contributed by atoms with E-state index in [1.54, 1.807) is 6.21 Å². The average Bonchev–Trinajstić information content (AvgIpc) is 2.12. The number of rotatable bonds is 7. The minimum Gasteiger partial charge on any atom is -0.273 e. The van der Waals surface area contributed by atoms with E-state index >= 15 is 0 Å². The second-order valence-corrected chi connectivity index (χ2v) is 3.87. The van der Waals surface area contributed by atoms with Crippen molar-refractivity contribution in [2.45, 2.75) is 52.9 Å². The first-order chi connectivity index (χ1) is 6.66. The lowest BCUT2D eigenvalue weighted by molar-refractivity contribution is -0.121. The zero-order valence-electron chi connectivity index (χ0n) is 9.55. The van der Waals surface area contributed by atoms with Crippen LogP contribution in [-0.2, 0) is 4.79 Å². The van der Waals surface area contributed by atoms with Crippen molar-refractivity contribution in [3.63, 3.8) is 0 Å². The predicted molar refractivity (Wildman–Crippen MR) is 60.2 cm³/mol. The molecule has 0 radical (unpaired) electrons. The van der Waals surface area contributed by atoms with Crippen LogP contribution >= 0.6 is 0 Å². The Morgan fingerprint density at radius 3 is 2.64 bits per heavy atom. The fourth-order valence-corrected chi connectivity index (χ4v) is 1.03. The van der Waals surface area contributed by atoms with Gasteiger partial charge < -0.3 is 0 Å². The van der Waals surface area contributed by atoms with E-state index < -0.39 is 0 Å². The Balaban J connectivity index is 3.37. The second-order valence-electron chi connectivity index (χ2n) is 3.87. The van der Waals surface area contributed by atoms with E-state index in [1.807, 2.05) is 13.8 Å². The molecule has 0 aliphatic carbocycles. The molecule has 1 N–H and O–H groups in total. The van der Waals surface area contributed by atoms with E-state index in [0.717, 1.165) is 12.8 Å². The third kappa shape index (κ3) is 9.23. The molecule has 0 aromatic carbocycles. The van der Waals surface area contributed by atoms with Gasteiger partial charge >= 0.3 is 0 Å². The van der Waals surface area contributed by atoms with E-state index in [4.69, 9.17) is 0 Å². The summed E-state index contributed by atoms with van der Waals surface area (Å²) in [5.41, 5.74) is 2.52. The number of hydrazone groups is 1. The van der Waals surface area contributed by atoms with Crippen LogP contribution in [-0.4, -0.2) is 12.1 Å². The topological polar surface area (TPSA) is 41.5 Å². The van der Waals surface area contributed by atoms with Gasteiger partial charge in [0.15, 0.2) is 0 Å². The lowest BCUT2D eigenvalue weighted by Crippen LogP contribution is -2.17. The molecule has 0 rings (SSSR count). The lowest BCUT2D eigenvalue weighted by atomic mass is 10.1. The van der Waals surface area contributed by atoms with Crippen LogP contribution in [0.25, 0.3) is 0 Å². The number of hydrogen-bond acceptors (Lipinski definition) is 2. The third-order valence-electron chi connectivity index (χ3n) is 1.82. The molecule has 0 atom stereocenters. The highest BCUT2D eigenvalue weighted by Crippen LogP contribution is 2.01. The van der Waals surface area contributed by atoms with Crippen LogP contribution in [0.15, 0.2) is 5.10 Å². The molecule has 0 heterocycles. The molecule has 0 aromatic rings. The Morgan fingerprint density at radius 1 is 1.36 bits per heavy atom. The molecule has 3 heteroatoms. The minimum atomic E-state index is 0.0259. The van der Waals surface area contributed by atoms with Crippen molar-refractivity contribution < 1.29 is 4.79 Å². The van der Waals surface area contributed by atoms with E-state index in [9.17, 15) is 4.79 Å². The summed E-state index contributed by atoms with van der Waals surface area (Å²) in [6, 6.07) is 0. The standard InChI is InChI=1S/C11H22N2O/c1-4-5-6-7-8-11(14)13-12-9-10(2)3/h9-10H,4-8H2,1-3H3,(H,13,14)/b12-9+. The van der Waals surface area contributed by atoms with E-state index in [-0.39, 0.29) is 5.91 Å². The second kappa shape index (κ2) is 8.73. The highest BCUT2D eigenvalue weighted by molar-refractivity contribution is 5.76. The Kier molecular flexibility index (Phi) is 8.19. The number of carbonyl (C=O) groups is 1. The van der Waals surface area contributed by atoms with Gasteiger partial charge in [-0.15, -0.1) is 0 Å². The number of carbonyl (C=O) groups excluding carboxylic acids is 1. The largest absolute Gasteiger partial charge is 0.273 e. The van der Waals surface area contributed by atoms with Gasteiger partial charge in [-0.25, -0.2) is 5.43 Å². The molecule has 82 valence electrons. The van der Waals surface area contributed by atoms with E-state index in [2.05, 4.69) is 17.5 Å². The van der Waals surface area contributed by atoms with Gasteiger partial charge in [0.2, 0.25) is 5.91 Å². The van der Waals surface area contributed by atoms with Gasteiger partial charge in [-0.2, -0.15) is 5.10 Å². The van der Waals surface area contributed by atoms with Crippen LogP contribution in [0, 0.1) is 5.92 Å². The summed E-state index contributed by atoms with van der Waals surface area (Å²) in [4.78, 5) is 11.2. The smallest absolute Gasteiger partial charge is 0.240 e. The summed E-state index contributed by atoms with van der Waals surface area (Å²) in [5.74, 6) is 0.411. The summed E-state index contributed by atoms with van der Waals surface area (Å²) in [7, 11) is 0. The maximum atomic E-state index is 11.2. The highest BCUT2D eigenvalue weighted by Gasteiger charge is 1.98. The number of hydrogen-bond donors (Lipinski definition) is 1. The quantitative estimate of drug-likeness (QED) is 0.381. The van der Waals surface area contributed by atoms with Crippen LogP contribution in [0.4, 0.5) is 0 Å². The first-order valence-electron chi connectivity index (χ1n) is 5.48. The van der Waals surface area contributed by atoms with E-state index in [0.29, 0.717) is 12.3 Å². The number of unbranched alkanes of at least 4 members (excludes halogenated alkanes) is 3. The molecule has 0 aromatic heterocycles. The molecule has 0 aliphatic rings. The van der Waals surface area contributed by atoms with Crippen LogP contribution in [0.5, 0.6) is 0 Å². The van der Waals surface area contributed by atoms with Gasteiger partial charge in [0.1, 0.15) is 0 Å². The molecule has 0 aliphatic heterocycles. The van der Waals surface area contributed by atoms with Gasteiger partial charge in [-0.1, -0.05) is 40.0 Å². The van der Waals surface area contributed by atoms with Gasteiger partial charge in [0, 0.05) is 12.6 Å². The molecule has 0 fully saturated rings. The molecule has 1 amide bonds. The van der Waals surface area contributed by atoms with Crippen LogP contribution in [0.2, 0.25) is 0 Å². The fourth-order valence-electron chi connectivity index (χ4n) is 1.03. The van der Waals surface area contributed by atoms with Crippen LogP contribution in [0.1, 0.15) is 52.9 Å². The van der Waals surface area contributed by atoms with Crippen molar-refractivity contribution >= 4 is 12.1 Å². The molecule has 0 unspecified atom stereocenters. The fraction of sp³-hybridized carbons (Fsp3) is 0.818. The van der Waals surface area contributed by atoms with Gasteiger partial charge in [0.25, 0.3) is 0 Å². The molecule has 0 spiro atoms. The van der Waals surface area contributed by atoms with Gasteiger partial charge in [0.05, 0.1) is 0 Å². The zero-order valence-corrected chi connectivity index (χ0v) is 9.55. The average molecular weight is 198 g/mol. The Hall–Kier alpha value is -0.860. The Bertz CT molecular complexity index is 176. The molecule has 0 saturated heterocycles. The maximum Gasteiger partial charge on any atom is 0.240 e. The summed E-state index contributed by atoms with van der Waals surface area (Å²) in [6.07, 6.45) is 6.85. The first-order valence-corrected chi connectivity index (χ1v) is 5.48. The van der Waals surface area contributed by atoms with Crippen molar-refractivity contribution in [3.8, 4) is 0 Å².